The molecule has 2 atom stereocenters. The molecule has 390 valence electrons. The van der Waals surface area contributed by atoms with E-state index in [0.29, 0.717) is 66.2 Å². The number of fused-ring (bicyclic) bond motifs is 2. The third kappa shape index (κ3) is 10.4. The van der Waals surface area contributed by atoms with Gasteiger partial charge < -0.3 is 34.5 Å². The molecular formula is C56H64F3N9O6. The number of imide groups is 1. The van der Waals surface area contributed by atoms with Crippen molar-refractivity contribution in [3.8, 4) is 35.4 Å². The van der Waals surface area contributed by atoms with E-state index in [1.807, 2.05) is 4.90 Å². The van der Waals surface area contributed by atoms with Crippen LogP contribution >= 0.6 is 0 Å². The number of phenols is 1. The second-order valence-corrected chi connectivity index (χ2v) is 21.8. The number of carbonyl (C=O) groups excluding carboxylic acids is 3. The molecule has 0 radical (unpaired) electrons. The molecule has 10 rings (SSSR count). The van der Waals surface area contributed by atoms with Crippen LogP contribution in [-0.4, -0.2) is 142 Å². The third-order valence-electron chi connectivity index (χ3n) is 16.3. The van der Waals surface area contributed by atoms with Gasteiger partial charge in [0.2, 0.25) is 5.91 Å². The topological polar surface area (TPSA) is 168 Å². The number of aromatic hydroxyl groups is 1. The first-order valence-electron chi connectivity index (χ1n) is 26.0. The van der Waals surface area contributed by atoms with Crippen LogP contribution in [0.5, 0.6) is 11.8 Å². The quantitative estimate of drug-likeness (QED) is 0.110. The van der Waals surface area contributed by atoms with Gasteiger partial charge in [0.05, 0.1) is 28.7 Å². The summed E-state index contributed by atoms with van der Waals surface area (Å²) in [6.07, 6.45) is 14.9. The van der Waals surface area contributed by atoms with Crippen molar-refractivity contribution in [2.45, 2.75) is 84.2 Å². The lowest BCUT2D eigenvalue weighted by Crippen LogP contribution is -2.50. The molecule has 1 aliphatic carbocycles. The van der Waals surface area contributed by atoms with Crippen molar-refractivity contribution >= 4 is 51.0 Å². The number of halogens is 3. The lowest BCUT2D eigenvalue weighted by molar-refractivity contribution is -0.120. The number of aliphatic hydroxyl groups is 1. The lowest BCUT2D eigenvalue weighted by atomic mass is 9.65. The molecule has 2 aromatic heterocycles. The van der Waals surface area contributed by atoms with Crippen LogP contribution in [-0.2, 0) is 4.79 Å². The molecule has 18 heteroatoms. The molecule has 0 bridgehead atoms. The van der Waals surface area contributed by atoms with E-state index in [4.69, 9.17) is 16.1 Å². The van der Waals surface area contributed by atoms with Crippen molar-refractivity contribution in [3.63, 3.8) is 0 Å². The van der Waals surface area contributed by atoms with Crippen molar-refractivity contribution < 1.29 is 42.5 Å². The Bertz CT molecular complexity index is 3050. The standard InChI is InChI=1S/C56H64F3N9O6/c1-5-39-43(57)8-7-37-26-38(69)27-41(47(37)39)49-48(59)50-42(29-60-49)51(67-17-6-12-55(4,73)33-67)63-53(62-50)74-32-34(2)30-64-21-23-65(24-22-64)31-36-9-13-56(14-10-36)15-19-66(20-16-56)52(71)40-28-45(35(3)25-44(40)58)68-18-11-46(70)61-54(68)72/h1,7-8,25-29,34,36,69,73H,6,9-24,30-33H2,2-4H3,(H,61,70,72)/t34-,55-/m1/s1. The highest BCUT2D eigenvalue weighted by atomic mass is 19.1. The first kappa shape index (κ1) is 51.0. The molecule has 4 saturated heterocycles. The predicted octanol–water partition coefficient (Wildman–Crippen LogP) is 7.80. The Morgan fingerprint density at radius 3 is 2.41 bits per heavy atom. The summed E-state index contributed by atoms with van der Waals surface area (Å²) in [5, 5.41) is 25.0. The number of ether oxygens (including phenoxy) is 1. The minimum Gasteiger partial charge on any atom is -0.508 e. The van der Waals surface area contributed by atoms with Gasteiger partial charge in [-0.2, -0.15) is 9.97 Å². The van der Waals surface area contributed by atoms with Gasteiger partial charge in [-0.1, -0.05) is 18.9 Å². The highest BCUT2D eigenvalue weighted by Gasteiger charge is 2.40. The van der Waals surface area contributed by atoms with E-state index >= 15 is 13.2 Å². The zero-order valence-electron chi connectivity index (χ0n) is 42.4. The number of piperidine rings is 2. The number of nitrogens with zero attached hydrogens (tertiary/aromatic N) is 8. The van der Waals surface area contributed by atoms with Crippen LogP contribution in [0.1, 0.15) is 93.1 Å². The molecule has 74 heavy (non-hydrogen) atoms. The number of phenolic OH excluding ortho intramolecular Hbond substituents is 1. The average molecular weight is 1020 g/mol. The van der Waals surface area contributed by atoms with E-state index in [1.54, 1.807) is 18.7 Å². The van der Waals surface area contributed by atoms with Gasteiger partial charge in [0, 0.05) is 107 Å². The number of hydrogen-bond donors (Lipinski definition) is 3. The predicted molar refractivity (Wildman–Crippen MR) is 276 cm³/mol. The molecule has 15 nitrogen and oxygen atoms in total. The van der Waals surface area contributed by atoms with Crippen LogP contribution in [0.3, 0.4) is 0 Å². The van der Waals surface area contributed by atoms with Crippen LogP contribution in [0, 0.1) is 54.0 Å². The molecule has 5 fully saturated rings. The van der Waals surface area contributed by atoms with Crippen molar-refractivity contribution in [2.24, 2.45) is 17.3 Å². The Morgan fingerprint density at radius 1 is 0.946 bits per heavy atom. The molecule has 1 saturated carbocycles. The van der Waals surface area contributed by atoms with E-state index in [2.05, 4.69) is 37.9 Å². The van der Waals surface area contributed by atoms with Gasteiger partial charge in [-0.15, -0.1) is 6.42 Å². The Labute approximate surface area is 429 Å². The van der Waals surface area contributed by atoms with Crippen LogP contribution in [0.25, 0.3) is 32.9 Å². The van der Waals surface area contributed by atoms with Gasteiger partial charge in [0.1, 0.15) is 34.4 Å². The molecular weight excluding hydrogens is 952 g/mol. The summed E-state index contributed by atoms with van der Waals surface area (Å²) in [4.78, 5) is 61.9. The Morgan fingerprint density at radius 2 is 1.69 bits per heavy atom. The number of anilines is 2. The summed E-state index contributed by atoms with van der Waals surface area (Å²) < 4.78 is 53.6. The largest absolute Gasteiger partial charge is 0.508 e. The van der Waals surface area contributed by atoms with Crippen LogP contribution in [0.2, 0.25) is 0 Å². The first-order valence-corrected chi connectivity index (χ1v) is 26.0. The number of likely N-dealkylation sites (tertiary alicyclic amines) is 1. The van der Waals surface area contributed by atoms with E-state index in [1.165, 1.54) is 47.5 Å². The maximum Gasteiger partial charge on any atom is 0.328 e. The number of nitrogens with one attached hydrogen (secondary N) is 1. The van der Waals surface area contributed by atoms with Gasteiger partial charge in [-0.3, -0.25) is 24.8 Å². The van der Waals surface area contributed by atoms with Gasteiger partial charge in [0.15, 0.2) is 5.82 Å². The minimum absolute atomic E-state index is 0.0202. The van der Waals surface area contributed by atoms with Crippen molar-refractivity contribution in [2.75, 3.05) is 88.4 Å². The highest BCUT2D eigenvalue weighted by Crippen LogP contribution is 2.47. The SMILES string of the molecule is C#Cc1c(F)ccc2cc(O)cc(-c3ncc4c(N5CCC[C@@](C)(O)C5)nc(OC[C@H](C)CN5CCN(CC6CCC7(CC6)CCN(C(=O)c6cc(N8CCC(=O)NC8=O)c(C)cc6F)CC7)CC5)nc4c3F)c12. The third-order valence-corrected chi connectivity index (χ3v) is 16.3. The molecule has 3 N–H and O–H groups in total. The summed E-state index contributed by atoms with van der Waals surface area (Å²) in [5.74, 6) is 0.460. The summed E-state index contributed by atoms with van der Waals surface area (Å²) in [7, 11) is 0. The molecule has 1 spiro atoms. The van der Waals surface area contributed by atoms with E-state index < -0.39 is 29.1 Å². The van der Waals surface area contributed by atoms with Crippen LogP contribution < -0.4 is 19.9 Å². The van der Waals surface area contributed by atoms with Crippen molar-refractivity contribution in [1.82, 2.24) is 35.0 Å². The number of urea groups is 1. The number of benzene rings is 3. The molecule has 6 heterocycles. The average Bonchev–Trinajstić information content (AvgIpc) is 3.38. The minimum atomic E-state index is -0.998. The van der Waals surface area contributed by atoms with E-state index in [9.17, 15) is 24.6 Å². The Hall–Kier alpha value is -6.55. The Kier molecular flexibility index (Phi) is 14.2. The number of hydrogen-bond acceptors (Lipinski definition) is 12. The van der Waals surface area contributed by atoms with Crippen LogP contribution in [0.15, 0.2) is 42.6 Å². The number of aryl methyl sites for hydroxylation is 1. The van der Waals surface area contributed by atoms with Gasteiger partial charge in [0.25, 0.3) is 5.91 Å². The maximum absolute atomic E-state index is 17.0. The number of carbonyl (C=O) groups is 3. The monoisotopic (exact) mass is 1020 g/mol. The molecule has 0 unspecified atom stereocenters. The number of pyridine rings is 1. The summed E-state index contributed by atoms with van der Waals surface area (Å²) in [5.41, 5.74) is -0.119. The number of piperazine rings is 1. The second kappa shape index (κ2) is 20.6. The second-order valence-electron chi connectivity index (χ2n) is 21.8. The van der Waals surface area contributed by atoms with Gasteiger partial charge in [-0.25, -0.2) is 18.0 Å². The molecule has 4 aliphatic heterocycles. The molecule has 4 amide bonds. The molecule has 3 aromatic carbocycles. The van der Waals surface area contributed by atoms with Crippen molar-refractivity contribution in [1.29, 1.82) is 0 Å². The zero-order chi connectivity index (χ0) is 52.1. The van der Waals surface area contributed by atoms with Gasteiger partial charge in [-0.05, 0) is 118 Å². The smallest absolute Gasteiger partial charge is 0.328 e. The van der Waals surface area contributed by atoms with E-state index in [0.717, 1.165) is 77.8 Å². The fraction of sp³-hybridized carbons (Fsp3) is 0.500. The molecule has 5 aromatic rings. The normalized spacial score (nSPS) is 21.6. The number of terminal acetylenes is 1. The summed E-state index contributed by atoms with van der Waals surface area (Å²) in [6, 6.07) is 7.59. The Balaban J connectivity index is 0.730. The first-order chi connectivity index (χ1) is 35.5. The number of rotatable bonds is 11. The summed E-state index contributed by atoms with van der Waals surface area (Å²) >= 11 is 0. The number of amides is 4. The summed E-state index contributed by atoms with van der Waals surface area (Å²) in [6.45, 7) is 13.5. The number of aromatic nitrogens is 3. The van der Waals surface area contributed by atoms with Crippen molar-refractivity contribution in [3.05, 3.63) is 76.7 Å². The maximum atomic E-state index is 17.0. The fourth-order valence-electron chi connectivity index (χ4n) is 12.1. The van der Waals surface area contributed by atoms with E-state index in [-0.39, 0.29) is 94.3 Å². The zero-order valence-corrected chi connectivity index (χ0v) is 42.4. The molecule has 5 aliphatic rings. The number of β-amino-alcohol motifs (C(OH)–C–C–N with tert-alkyl or cyclic N) is 1. The van der Waals surface area contributed by atoms with Gasteiger partial charge >= 0.3 is 12.0 Å². The fourth-order valence-corrected chi connectivity index (χ4v) is 12.1. The highest BCUT2D eigenvalue weighted by molar-refractivity contribution is 6.07. The van der Waals surface area contributed by atoms with Crippen LogP contribution in [0.4, 0.5) is 29.5 Å². The lowest BCUT2D eigenvalue weighted by Gasteiger charge is -2.47.